The van der Waals surface area contributed by atoms with Crippen molar-refractivity contribution in [2.24, 2.45) is 0 Å². The molecular weight excluding hydrogens is 222 g/mol. The van der Waals surface area contributed by atoms with Crippen molar-refractivity contribution < 1.29 is 0 Å². The van der Waals surface area contributed by atoms with Crippen LogP contribution in [0.4, 0.5) is 5.82 Å². The van der Waals surface area contributed by atoms with E-state index in [4.69, 9.17) is 0 Å². The average Bonchev–Trinajstić information content (AvgIpc) is 2.25. The first kappa shape index (κ1) is 15.0. The lowest BCUT2D eigenvalue weighted by molar-refractivity contribution is 0.424. The van der Waals surface area contributed by atoms with Gasteiger partial charge in [0.1, 0.15) is 5.82 Å². The van der Waals surface area contributed by atoms with Crippen LogP contribution in [-0.4, -0.2) is 24.1 Å². The highest BCUT2D eigenvalue weighted by molar-refractivity contribution is 5.46. The van der Waals surface area contributed by atoms with E-state index in [-0.39, 0.29) is 5.54 Å². The molecule has 0 spiro atoms. The van der Waals surface area contributed by atoms with Gasteiger partial charge in [0.05, 0.1) is 0 Å². The molecule has 1 aromatic rings. The Balaban J connectivity index is 2.73. The van der Waals surface area contributed by atoms with E-state index < -0.39 is 0 Å². The molecule has 0 saturated heterocycles. The molecule has 0 unspecified atom stereocenters. The Hall–Kier alpha value is -1.09. The lowest BCUT2D eigenvalue weighted by Gasteiger charge is -2.22. The fraction of sp³-hybridized carbons (Fsp3) is 0.667. The number of nitrogens with one attached hydrogen (secondary N) is 1. The topological polar surface area (TPSA) is 28.2 Å². The monoisotopic (exact) mass is 249 g/mol. The highest BCUT2D eigenvalue weighted by Crippen LogP contribution is 2.17. The number of anilines is 1. The molecule has 0 fully saturated rings. The van der Waals surface area contributed by atoms with Gasteiger partial charge in [0.2, 0.25) is 0 Å². The van der Waals surface area contributed by atoms with E-state index in [9.17, 15) is 0 Å². The summed E-state index contributed by atoms with van der Waals surface area (Å²) >= 11 is 0. The van der Waals surface area contributed by atoms with Gasteiger partial charge in [-0.25, -0.2) is 4.98 Å². The molecule has 1 aromatic heterocycles. The van der Waals surface area contributed by atoms with Crippen LogP contribution in [-0.2, 0) is 6.54 Å². The lowest BCUT2D eigenvalue weighted by atomic mass is 10.1. The quantitative estimate of drug-likeness (QED) is 0.869. The number of pyridine rings is 1. The van der Waals surface area contributed by atoms with Gasteiger partial charge < -0.3 is 10.2 Å². The van der Waals surface area contributed by atoms with Gasteiger partial charge in [-0.1, -0.05) is 6.92 Å². The van der Waals surface area contributed by atoms with Crippen LogP contribution < -0.4 is 10.2 Å². The van der Waals surface area contributed by atoms with E-state index in [2.05, 4.69) is 62.9 Å². The molecule has 0 aliphatic heterocycles. The van der Waals surface area contributed by atoms with Gasteiger partial charge in [-0.05, 0) is 51.3 Å². The van der Waals surface area contributed by atoms with E-state index in [1.165, 1.54) is 11.1 Å². The zero-order valence-electron chi connectivity index (χ0n) is 12.7. The molecule has 0 saturated carbocycles. The third-order valence-corrected chi connectivity index (χ3v) is 2.85. The number of hydrogen-bond donors (Lipinski definition) is 1. The Bertz CT molecular complexity index is 380. The molecule has 0 radical (unpaired) electrons. The summed E-state index contributed by atoms with van der Waals surface area (Å²) in [6, 6.07) is 2.23. The van der Waals surface area contributed by atoms with E-state index >= 15 is 0 Å². The van der Waals surface area contributed by atoms with Crippen molar-refractivity contribution >= 4 is 5.82 Å². The van der Waals surface area contributed by atoms with Crippen LogP contribution in [0.1, 0.15) is 45.2 Å². The molecule has 0 aromatic carbocycles. The largest absolute Gasteiger partial charge is 0.359 e. The Morgan fingerprint density at radius 1 is 1.33 bits per heavy atom. The summed E-state index contributed by atoms with van der Waals surface area (Å²) in [6.07, 6.45) is 3.12. The predicted molar refractivity (Wildman–Crippen MR) is 79.1 cm³/mol. The van der Waals surface area contributed by atoms with Gasteiger partial charge >= 0.3 is 0 Å². The SMILES string of the molecule is CCCN(C)c1ncc(CNC(C)(C)C)cc1C. The van der Waals surface area contributed by atoms with Crippen molar-refractivity contribution in [2.75, 3.05) is 18.5 Å². The first-order chi connectivity index (χ1) is 8.33. The van der Waals surface area contributed by atoms with Gasteiger partial charge in [-0.15, -0.1) is 0 Å². The summed E-state index contributed by atoms with van der Waals surface area (Å²) in [7, 11) is 2.10. The Morgan fingerprint density at radius 3 is 2.50 bits per heavy atom. The van der Waals surface area contributed by atoms with Gasteiger partial charge in [-0.3, -0.25) is 0 Å². The van der Waals surface area contributed by atoms with Crippen molar-refractivity contribution in [3.05, 3.63) is 23.4 Å². The van der Waals surface area contributed by atoms with Crippen molar-refractivity contribution in [3.63, 3.8) is 0 Å². The standard InChI is InChI=1S/C15H27N3/c1-7-8-18(6)14-12(2)9-13(10-16-14)11-17-15(3,4)5/h9-10,17H,7-8,11H2,1-6H3. The third-order valence-electron chi connectivity index (χ3n) is 2.85. The fourth-order valence-electron chi connectivity index (χ4n) is 1.93. The molecular formula is C15H27N3. The van der Waals surface area contributed by atoms with Gasteiger partial charge in [0.25, 0.3) is 0 Å². The third kappa shape index (κ3) is 4.65. The Kier molecular flexibility index (Phi) is 5.15. The highest BCUT2D eigenvalue weighted by atomic mass is 15.2. The number of hydrogen-bond acceptors (Lipinski definition) is 3. The molecule has 0 atom stereocenters. The molecule has 1 heterocycles. The molecule has 3 heteroatoms. The smallest absolute Gasteiger partial charge is 0.131 e. The van der Waals surface area contributed by atoms with Crippen LogP contribution >= 0.6 is 0 Å². The van der Waals surface area contributed by atoms with Gasteiger partial charge in [0, 0.05) is 31.9 Å². The normalized spacial score (nSPS) is 11.7. The van der Waals surface area contributed by atoms with Crippen LogP contribution in [0.25, 0.3) is 0 Å². The van der Waals surface area contributed by atoms with Crippen molar-refractivity contribution in [1.82, 2.24) is 10.3 Å². The summed E-state index contributed by atoms with van der Waals surface area (Å²) in [5, 5.41) is 3.49. The highest BCUT2D eigenvalue weighted by Gasteiger charge is 2.10. The number of aryl methyl sites for hydroxylation is 1. The van der Waals surface area contributed by atoms with Crippen LogP contribution in [0.15, 0.2) is 12.3 Å². The maximum absolute atomic E-state index is 4.58. The molecule has 18 heavy (non-hydrogen) atoms. The molecule has 0 bridgehead atoms. The first-order valence-electron chi connectivity index (χ1n) is 6.75. The fourth-order valence-corrected chi connectivity index (χ4v) is 1.93. The molecule has 0 aliphatic rings. The summed E-state index contributed by atoms with van der Waals surface area (Å²) in [4.78, 5) is 6.80. The predicted octanol–water partition coefficient (Wildman–Crippen LogP) is 3.12. The van der Waals surface area contributed by atoms with Crippen LogP contribution in [0.5, 0.6) is 0 Å². The summed E-state index contributed by atoms with van der Waals surface area (Å²) < 4.78 is 0. The average molecular weight is 249 g/mol. The minimum atomic E-state index is 0.144. The maximum atomic E-state index is 4.58. The molecule has 1 rings (SSSR count). The second kappa shape index (κ2) is 6.19. The van der Waals surface area contributed by atoms with Gasteiger partial charge in [-0.2, -0.15) is 0 Å². The van der Waals surface area contributed by atoms with Gasteiger partial charge in [0.15, 0.2) is 0 Å². The zero-order valence-corrected chi connectivity index (χ0v) is 12.7. The Labute approximate surface area is 112 Å². The second-order valence-electron chi connectivity index (χ2n) is 6.01. The van der Waals surface area contributed by atoms with Crippen LogP contribution in [0.3, 0.4) is 0 Å². The van der Waals surface area contributed by atoms with E-state index in [1.807, 2.05) is 6.20 Å². The number of rotatable bonds is 5. The van der Waals surface area contributed by atoms with E-state index in [1.54, 1.807) is 0 Å². The molecule has 0 aliphatic carbocycles. The van der Waals surface area contributed by atoms with Crippen molar-refractivity contribution in [1.29, 1.82) is 0 Å². The minimum Gasteiger partial charge on any atom is -0.359 e. The van der Waals surface area contributed by atoms with Crippen molar-refractivity contribution in [2.45, 2.75) is 53.1 Å². The molecule has 1 N–H and O–H groups in total. The Morgan fingerprint density at radius 2 is 2.00 bits per heavy atom. The number of nitrogens with zero attached hydrogens (tertiary/aromatic N) is 2. The zero-order chi connectivity index (χ0) is 13.8. The van der Waals surface area contributed by atoms with Crippen molar-refractivity contribution in [3.8, 4) is 0 Å². The molecule has 102 valence electrons. The maximum Gasteiger partial charge on any atom is 0.131 e. The van der Waals surface area contributed by atoms with E-state index in [0.29, 0.717) is 0 Å². The summed E-state index contributed by atoms with van der Waals surface area (Å²) in [6.45, 7) is 12.8. The van der Waals surface area contributed by atoms with Crippen LogP contribution in [0, 0.1) is 6.92 Å². The summed E-state index contributed by atoms with van der Waals surface area (Å²) in [5.41, 5.74) is 2.64. The van der Waals surface area contributed by atoms with Crippen LogP contribution in [0.2, 0.25) is 0 Å². The minimum absolute atomic E-state index is 0.144. The number of aromatic nitrogens is 1. The van der Waals surface area contributed by atoms with E-state index in [0.717, 1.165) is 25.3 Å². The second-order valence-corrected chi connectivity index (χ2v) is 6.01. The lowest BCUT2D eigenvalue weighted by Crippen LogP contribution is -2.35. The molecule has 0 amide bonds. The molecule has 3 nitrogen and oxygen atoms in total. The summed E-state index contributed by atoms with van der Waals surface area (Å²) in [5.74, 6) is 1.09. The first-order valence-corrected chi connectivity index (χ1v) is 6.75.